The van der Waals surface area contributed by atoms with Crippen LogP contribution in [0.5, 0.6) is 5.75 Å². The van der Waals surface area contributed by atoms with Gasteiger partial charge in [0.05, 0.1) is 5.69 Å². The molecule has 0 aromatic heterocycles. The van der Waals surface area contributed by atoms with Gasteiger partial charge in [0.25, 0.3) is 5.91 Å². The minimum absolute atomic E-state index is 0.0341. The van der Waals surface area contributed by atoms with Gasteiger partial charge in [-0.05, 0) is 24.6 Å². The molecule has 0 spiro atoms. The third kappa shape index (κ3) is 3.71. The lowest BCUT2D eigenvalue weighted by molar-refractivity contribution is -0.138. The monoisotopic (exact) mass is 292 g/mol. The van der Waals surface area contributed by atoms with Crippen LogP contribution < -0.4 is 15.0 Å². The summed E-state index contributed by atoms with van der Waals surface area (Å²) in [6.45, 7) is 1.60. The van der Waals surface area contributed by atoms with Crippen LogP contribution in [0.4, 0.5) is 5.69 Å². The largest absolute Gasteiger partial charge is 0.482 e. The van der Waals surface area contributed by atoms with Crippen molar-refractivity contribution in [3.05, 3.63) is 23.8 Å². The molecule has 0 aliphatic carbocycles. The maximum Gasteiger partial charge on any atom is 0.322 e. The van der Waals surface area contributed by atoms with Gasteiger partial charge in [0.2, 0.25) is 5.91 Å². The second kappa shape index (κ2) is 6.25. The number of aliphatic carboxylic acids is 1. The van der Waals surface area contributed by atoms with Gasteiger partial charge in [-0.1, -0.05) is 6.07 Å². The van der Waals surface area contributed by atoms with Crippen LogP contribution in [0.25, 0.3) is 0 Å². The van der Waals surface area contributed by atoms with Crippen LogP contribution >= 0.6 is 0 Å². The van der Waals surface area contributed by atoms with Gasteiger partial charge in [-0.2, -0.15) is 0 Å². The van der Waals surface area contributed by atoms with Crippen molar-refractivity contribution in [2.75, 3.05) is 24.6 Å². The molecule has 7 nitrogen and oxygen atoms in total. The number of nitrogens with one attached hydrogen (secondary N) is 1. The third-order valence-electron chi connectivity index (χ3n) is 3.06. The fourth-order valence-corrected chi connectivity index (χ4v) is 2.03. The molecule has 0 fully saturated rings. The molecule has 0 saturated heterocycles. The van der Waals surface area contributed by atoms with Gasteiger partial charge < -0.3 is 20.1 Å². The summed E-state index contributed by atoms with van der Waals surface area (Å²) in [6, 6.07) is 5.49. The molecule has 2 rings (SSSR count). The van der Waals surface area contributed by atoms with Crippen molar-refractivity contribution in [2.45, 2.75) is 13.3 Å². The lowest BCUT2D eigenvalue weighted by atomic mass is 10.1. The number of hydrogen-bond acceptors (Lipinski definition) is 4. The summed E-state index contributed by atoms with van der Waals surface area (Å²) in [4.78, 5) is 35.3. The number of carboxylic acids is 1. The average molecular weight is 292 g/mol. The van der Waals surface area contributed by atoms with Gasteiger partial charge in [0.15, 0.2) is 6.61 Å². The van der Waals surface area contributed by atoms with E-state index in [-0.39, 0.29) is 25.5 Å². The zero-order valence-corrected chi connectivity index (χ0v) is 11.6. The number of anilines is 1. The summed E-state index contributed by atoms with van der Waals surface area (Å²) in [5.41, 5.74) is 1.62. The lowest BCUT2D eigenvalue weighted by Gasteiger charge is -2.29. The summed E-state index contributed by atoms with van der Waals surface area (Å²) >= 11 is 0. The van der Waals surface area contributed by atoms with Crippen LogP contribution in [0.1, 0.15) is 12.0 Å². The Morgan fingerprint density at radius 1 is 1.43 bits per heavy atom. The first-order valence-electron chi connectivity index (χ1n) is 6.49. The zero-order valence-electron chi connectivity index (χ0n) is 11.6. The number of rotatable bonds is 5. The summed E-state index contributed by atoms with van der Waals surface area (Å²) in [5.74, 6) is -1.14. The Kier molecular flexibility index (Phi) is 4.42. The van der Waals surface area contributed by atoms with Crippen LogP contribution in [-0.4, -0.2) is 42.6 Å². The Morgan fingerprint density at radius 3 is 2.90 bits per heavy atom. The topological polar surface area (TPSA) is 95.9 Å². The van der Waals surface area contributed by atoms with Crippen molar-refractivity contribution in [3.8, 4) is 5.75 Å². The molecule has 112 valence electrons. The molecular weight excluding hydrogens is 276 g/mol. The van der Waals surface area contributed by atoms with Crippen LogP contribution in [0.15, 0.2) is 18.2 Å². The Labute approximate surface area is 121 Å². The first-order valence-corrected chi connectivity index (χ1v) is 6.49. The van der Waals surface area contributed by atoms with Gasteiger partial charge in [-0.3, -0.25) is 14.4 Å². The van der Waals surface area contributed by atoms with E-state index in [4.69, 9.17) is 9.84 Å². The lowest BCUT2D eigenvalue weighted by Crippen LogP contribution is -2.41. The predicted molar refractivity (Wildman–Crippen MR) is 74.3 cm³/mol. The minimum atomic E-state index is -1.10. The number of hydrogen-bond donors (Lipinski definition) is 2. The number of aryl methyl sites for hydroxylation is 1. The summed E-state index contributed by atoms with van der Waals surface area (Å²) in [7, 11) is 0. The van der Waals surface area contributed by atoms with Crippen LogP contribution in [0, 0.1) is 6.92 Å². The zero-order chi connectivity index (χ0) is 15.4. The molecule has 0 radical (unpaired) electrons. The summed E-state index contributed by atoms with van der Waals surface area (Å²) in [6.07, 6.45) is 0.0341. The Hall–Kier alpha value is -2.57. The van der Waals surface area contributed by atoms with E-state index < -0.39 is 18.4 Å². The van der Waals surface area contributed by atoms with E-state index in [1.165, 1.54) is 4.90 Å². The van der Waals surface area contributed by atoms with Gasteiger partial charge >= 0.3 is 5.97 Å². The van der Waals surface area contributed by atoms with E-state index in [0.717, 1.165) is 5.56 Å². The second-order valence-corrected chi connectivity index (χ2v) is 4.73. The Morgan fingerprint density at radius 2 is 2.19 bits per heavy atom. The van der Waals surface area contributed by atoms with Crippen molar-refractivity contribution in [1.29, 1.82) is 0 Å². The molecule has 0 unspecified atom stereocenters. The Balaban J connectivity index is 2.03. The Bertz CT molecular complexity index is 585. The van der Waals surface area contributed by atoms with E-state index >= 15 is 0 Å². The molecule has 1 aromatic rings. The number of ether oxygens (including phenoxy) is 1. The average Bonchev–Trinajstić information content (AvgIpc) is 2.44. The van der Waals surface area contributed by atoms with Gasteiger partial charge in [-0.25, -0.2) is 0 Å². The van der Waals surface area contributed by atoms with Crippen LogP contribution in [0.3, 0.4) is 0 Å². The fraction of sp³-hybridized carbons (Fsp3) is 0.357. The number of carbonyl (C=O) groups excluding carboxylic acids is 2. The van der Waals surface area contributed by atoms with E-state index in [1.54, 1.807) is 6.07 Å². The highest BCUT2D eigenvalue weighted by Gasteiger charge is 2.25. The molecule has 0 atom stereocenters. The molecule has 1 heterocycles. The molecule has 1 aliphatic heterocycles. The number of fused-ring (bicyclic) bond motifs is 1. The molecule has 2 N–H and O–H groups in total. The highest BCUT2D eigenvalue weighted by atomic mass is 16.5. The van der Waals surface area contributed by atoms with Gasteiger partial charge in [-0.15, -0.1) is 0 Å². The number of benzene rings is 1. The number of amides is 2. The quantitative estimate of drug-likeness (QED) is 0.814. The maximum absolute atomic E-state index is 11.9. The highest BCUT2D eigenvalue weighted by Crippen LogP contribution is 2.32. The molecule has 1 aromatic carbocycles. The normalized spacial score (nSPS) is 13.4. The number of carbonyl (C=O) groups is 3. The van der Waals surface area contributed by atoms with Crippen molar-refractivity contribution < 1.29 is 24.2 Å². The molecule has 1 aliphatic rings. The van der Waals surface area contributed by atoms with Gasteiger partial charge in [0.1, 0.15) is 12.3 Å². The van der Waals surface area contributed by atoms with Crippen molar-refractivity contribution >= 4 is 23.5 Å². The highest BCUT2D eigenvalue weighted by molar-refractivity contribution is 5.98. The third-order valence-corrected chi connectivity index (χ3v) is 3.06. The van der Waals surface area contributed by atoms with Crippen molar-refractivity contribution in [2.24, 2.45) is 0 Å². The van der Waals surface area contributed by atoms with E-state index in [2.05, 4.69) is 5.32 Å². The van der Waals surface area contributed by atoms with E-state index in [9.17, 15) is 14.4 Å². The standard InChI is InChI=1S/C14H16N2O5/c1-9-2-3-11-10(6-9)16(13(18)8-21-11)5-4-12(17)15-7-14(19)20/h2-3,6H,4-5,7-8H2,1H3,(H,15,17)(H,19,20). The predicted octanol–water partition coefficient (Wildman–Crippen LogP) is 0.311. The second-order valence-electron chi connectivity index (χ2n) is 4.73. The smallest absolute Gasteiger partial charge is 0.322 e. The first-order chi connectivity index (χ1) is 9.97. The summed E-state index contributed by atoms with van der Waals surface area (Å²) < 4.78 is 5.34. The van der Waals surface area contributed by atoms with Gasteiger partial charge in [0, 0.05) is 13.0 Å². The minimum Gasteiger partial charge on any atom is -0.482 e. The van der Waals surface area contributed by atoms with Crippen LogP contribution in [0.2, 0.25) is 0 Å². The van der Waals surface area contributed by atoms with E-state index in [1.807, 2.05) is 19.1 Å². The fourth-order valence-electron chi connectivity index (χ4n) is 2.03. The molecule has 21 heavy (non-hydrogen) atoms. The van der Waals surface area contributed by atoms with E-state index in [0.29, 0.717) is 11.4 Å². The number of carboxylic acid groups (broad SMARTS) is 1. The van der Waals surface area contributed by atoms with Crippen molar-refractivity contribution in [3.63, 3.8) is 0 Å². The molecule has 7 heteroatoms. The number of nitrogens with zero attached hydrogens (tertiary/aromatic N) is 1. The first kappa shape index (κ1) is 14.8. The molecule has 2 amide bonds. The maximum atomic E-state index is 11.9. The molecule has 0 saturated carbocycles. The SMILES string of the molecule is Cc1ccc2c(c1)N(CCC(=O)NCC(=O)O)C(=O)CO2. The molecular formula is C14H16N2O5. The molecule has 0 bridgehead atoms. The van der Waals surface area contributed by atoms with Crippen molar-refractivity contribution in [1.82, 2.24) is 5.32 Å². The van der Waals surface area contributed by atoms with Crippen LogP contribution in [-0.2, 0) is 14.4 Å². The summed E-state index contributed by atoms with van der Waals surface area (Å²) in [5, 5.41) is 10.8.